The smallest absolute Gasteiger partial charge is 0.126 e. The topological polar surface area (TPSA) is 91.4 Å². The van der Waals surface area contributed by atoms with Crippen LogP contribution in [0.25, 0.3) is 0 Å². The molecule has 1 aromatic heterocycles. The average Bonchev–Trinajstić information content (AvgIpc) is 2.36. The van der Waals surface area contributed by atoms with Crippen LogP contribution in [0.4, 0.5) is 5.82 Å². The number of nitrogens with two attached hydrogens (primary N) is 1. The molecule has 0 amide bonds. The molecule has 0 bridgehead atoms. The molecule has 0 aliphatic heterocycles. The Morgan fingerprint density at radius 3 is 2.56 bits per heavy atom. The van der Waals surface area contributed by atoms with Crippen LogP contribution in [0.3, 0.4) is 0 Å². The first-order chi connectivity index (χ1) is 7.69. The lowest BCUT2D eigenvalue weighted by atomic mass is 9.98. The molecule has 0 aliphatic rings. The number of hydrogen-bond donors (Lipinski definition) is 4. The van der Waals surface area contributed by atoms with Gasteiger partial charge in [-0.1, -0.05) is 13.0 Å². The number of nitrogens with zero attached hydrogens (tertiary/aromatic N) is 1. The van der Waals surface area contributed by atoms with E-state index < -0.39 is 5.54 Å². The van der Waals surface area contributed by atoms with Gasteiger partial charge in [0.05, 0.1) is 24.4 Å². The van der Waals surface area contributed by atoms with Crippen LogP contribution < -0.4 is 11.1 Å². The van der Waals surface area contributed by atoms with E-state index in [0.29, 0.717) is 18.8 Å². The van der Waals surface area contributed by atoms with Crippen molar-refractivity contribution in [3.63, 3.8) is 0 Å². The molecule has 1 aromatic rings. The first kappa shape index (κ1) is 12.9. The summed E-state index contributed by atoms with van der Waals surface area (Å²) in [7, 11) is 0. The van der Waals surface area contributed by atoms with E-state index in [9.17, 15) is 10.2 Å². The van der Waals surface area contributed by atoms with Crippen molar-refractivity contribution < 1.29 is 10.2 Å². The predicted octanol–water partition coefficient (Wildman–Crippen LogP) is 0.0856. The predicted molar refractivity (Wildman–Crippen MR) is 62.9 cm³/mol. The third-order valence-electron chi connectivity index (χ3n) is 2.69. The van der Waals surface area contributed by atoms with E-state index in [1.54, 1.807) is 6.07 Å². The third-order valence-corrected chi connectivity index (χ3v) is 2.69. The highest BCUT2D eigenvalue weighted by atomic mass is 16.3. The number of rotatable bonds is 6. The van der Waals surface area contributed by atoms with Crippen LogP contribution in [0, 0.1) is 0 Å². The molecule has 90 valence electrons. The van der Waals surface area contributed by atoms with Gasteiger partial charge in [0.2, 0.25) is 0 Å². The van der Waals surface area contributed by atoms with E-state index in [-0.39, 0.29) is 13.2 Å². The number of hydrogen-bond acceptors (Lipinski definition) is 5. The highest BCUT2D eigenvalue weighted by Gasteiger charge is 2.26. The first-order valence-corrected chi connectivity index (χ1v) is 5.35. The van der Waals surface area contributed by atoms with Crippen molar-refractivity contribution in [3.05, 3.63) is 23.9 Å². The Kier molecular flexibility index (Phi) is 4.67. The summed E-state index contributed by atoms with van der Waals surface area (Å²) in [6.45, 7) is 1.97. The van der Waals surface area contributed by atoms with Crippen LogP contribution >= 0.6 is 0 Å². The van der Waals surface area contributed by atoms with Crippen molar-refractivity contribution in [3.8, 4) is 0 Å². The van der Waals surface area contributed by atoms with E-state index in [0.717, 1.165) is 5.69 Å². The SMILES string of the molecule is CCC(CO)(CO)Nc1cccc(CN)n1. The van der Waals surface area contributed by atoms with Gasteiger partial charge in [0.25, 0.3) is 0 Å². The standard InChI is InChI=1S/C11H19N3O2/c1-2-11(7-15,8-16)14-10-5-3-4-9(6-12)13-10/h3-5,15-16H,2,6-8,12H2,1H3,(H,13,14). The lowest BCUT2D eigenvalue weighted by Gasteiger charge is -2.30. The summed E-state index contributed by atoms with van der Waals surface area (Å²) in [6.07, 6.45) is 0.606. The maximum Gasteiger partial charge on any atom is 0.126 e. The maximum atomic E-state index is 9.29. The Morgan fingerprint density at radius 1 is 1.38 bits per heavy atom. The third kappa shape index (κ3) is 2.91. The number of pyridine rings is 1. The van der Waals surface area contributed by atoms with Gasteiger partial charge in [-0.15, -0.1) is 0 Å². The Balaban J connectivity index is 2.84. The minimum atomic E-state index is -0.722. The molecule has 0 aliphatic carbocycles. The minimum Gasteiger partial charge on any atom is -0.394 e. The summed E-state index contributed by atoms with van der Waals surface area (Å²) in [5.74, 6) is 0.618. The van der Waals surface area contributed by atoms with Crippen molar-refractivity contribution in [1.29, 1.82) is 0 Å². The lowest BCUT2D eigenvalue weighted by Crippen LogP contribution is -2.45. The van der Waals surface area contributed by atoms with Crippen LogP contribution in [-0.4, -0.2) is 33.9 Å². The van der Waals surface area contributed by atoms with E-state index >= 15 is 0 Å². The Hall–Kier alpha value is -1.17. The van der Waals surface area contributed by atoms with Crippen molar-refractivity contribution in [2.45, 2.75) is 25.4 Å². The van der Waals surface area contributed by atoms with Gasteiger partial charge in [0.15, 0.2) is 0 Å². The van der Waals surface area contributed by atoms with E-state index in [1.807, 2.05) is 19.1 Å². The number of nitrogens with one attached hydrogen (secondary N) is 1. The Labute approximate surface area is 95.3 Å². The number of aliphatic hydroxyl groups is 2. The van der Waals surface area contributed by atoms with Gasteiger partial charge in [-0.05, 0) is 18.6 Å². The Bertz CT molecular complexity index is 318. The molecule has 1 heterocycles. The van der Waals surface area contributed by atoms with Crippen LogP contribution in [-0.2, 0) is 6.54 Å². The Morgan fingerprint density at radius 2 is 2.06 bits per heavy atom. The molecule has 0 fully saturated rings. The summed E-state index contributed by atoms with van der Waals surface area (Å²) in [5.41, 5.74) is 5.54. The summed E-state index contributed by atoms with van der Waals surface area (Å²) in [5, 5.41) is 21.6. The molecule has 5 N–H and O–H groups in total. The van der Waals surface area contributed by atoms with Gasteiger partial charge >= 0.3 is 0 Å². The highest BCUT2D eigenvalue weighted by molar-refractivity contribution is 5.38. The number of aromatic nitrogens is 1. The fraction of sp³-hybridized carbons (Fsp3) is 0.545. The van der Waals surface area contributed by atoms with Crippen LogP contribution in [0.15, 0.2) is 18.2 Å². The van der Waals surface area contributed by atoms with E-state index in [4.69, 9.17) is 5.73 Å². The summed E-state index contributed by atoms with van der Waals surface area (Å²) >= 11 is 0. The molecule has 0 radical (unpaired) electrons. The molecule has 0 spiro atoms. The molecule has 1 rings (SSSR count). The van der Waals surface area contributed by atoms with Gasteiger partial charge in [-0.2, -0.15) is 0 Å². The van der Waals surface area contributed by atoms with Crippen LogP contribution in [0.1, 0.15) is 19.0 Å². The summed E-state index contributed by atoms with van der Waals surface area (Å²) < 4.78 is 0. The number of aliphatic hydroxyl groups excluding tert-OH is 2. The minimum absolute atomic E-state index is 0.144. The first-order valence-electron chi connectivity index (χ1n) is 5.35. The van der Waals surface area contributed by atoms with E-state index in [1.165, 1.54) is 0 Å². The second kappa shape index (κ2) is 5.79. The zero-order chi connectivity index (χ0) is 12.0. The summed E-state index contributed by atoms with van der Waals surface area (Å²) in [6, 6.07) is 5.46. The maximum absolute atomic E-state index is 9.29. The number of anilines is 1. The average molecular weight is 225 g/mol. The van der Waals surface area contributed by atoms with Gasteiger partial charge in [-0.25, -0.2) is 4.98 Å². The molecular formula is C11H19N3O2. The second-order valence-corrected chi connectivity index (χ2v) is 3.79. The van der Waals surface area contributed by atoms with Gasteiger partial charge < -0.3 is 21.3 Å². The van der Waals surface area contributed by atoms with Crippen molar-refractivity contribution in [1.82, 2.24) is 4.98 Å². The molecule has 5 heteroatoms. The summed E-state index contributed by atoms with van der Waals surface area (Å²) in [4.78, 5) is 4.26. The molecule has 0 atom stereocenters. The monoisotopic (exact) mass is 225 g/mol. The largest absolute Gasteiger partial charge is 0.394 e. The molecule has 16 heavy (non-hydrogen) atoms. The second-order valence-electron chi connectivity index (χ2n) is 3.79. The molecular weight excluding hydrogens is 206 g/mol. The zero-order valence-electron chi connectivity index (χ0n) is 9.48. The van der Waals surface area contributed by atoms with Gasteiger partial charge in [0, 0.05) is 6.54 Å². The zero-order valence-corrected chi connectivity index (χ0v) is 9.48. The van der Waals surface area contributed by atoms with Crippen molar-refractivity contribution in [2.75, 3.05) is 18.5 Å². The van der Waals surface area contributed by atoms with Crippen LogP contribution in [0.2, 0.25) is 0 Å². The quantitative estimate of drug-likeness (QED) is 0.550. The normalized spacial score (nSPS) is 11.5. The van der Waals surface area contributed by atoms with Crippen molar-refractivity contribution in [2.24, 2.45) is 5.73 Å². The highest BCUT2D eigenvalue weighted by Crippen LogP contribution is 2.16. The fourth-order valence-electron chi connectivity index (χ4n) is 1.38. The fourth-order valence-corrected chi connectivity index (χ4v) is 1.38. The van der Waals surface area contributed by atoms with Crippen LogP contribution in [0.5, 0.6) is 0 Å². The van der Waals surface area contributed by atoms with Crippen molar-refractivity contribution >= 4 is 5.82 Å². The molecule has 0 saturated carbocycles. The van der Waals surface area contributed by atoms with Gasteiger partial charge in [0.1, 0.15) is 5.82 Å². The molecule has 5 nitrogen and oxygen atoms in total. The molecule has 0 saturated heterocycles. The lowest BCUT2D eigenvalue weighted by molar-refractivity contribution is 0.132. The molecule has 0 unspecified atom stereocenters. The molecule has 0 aromatic carbocycles. The van der Waals surface area contributed by atoms with Gasteiger partial charge in [-0.3, -0.25) is 0 Å². The van der Waals surface area contributed by atoms with E-state index in [2.05, 4.69) is 10.3 Å².